The molecule has 7 N–H and O–H groups in total. The average molecular weight is 987 g/mol. The number of carbonyl (C=O) groups is 7. The van der Waals surface area contributed by atoms with Crippen LogP contribution < -0.4 is 26.6 Å². The predicted molar refractivity (Wildman–Crippen MR) is 271 cm³/mol. The van der Waals surface area contributed by atoms with Crippen molar-refractivity contribution >= 4 is 52.3 Å². The molecule has 2 heterocycles. The van der Waals surface area contributed by atoms with Crippen LogP contribution in [0.1, 0.15) is 105 Å². The highest BCUT2D eigenvalue weighted by Gasteiger charge is 2.43. The second-order valence-electron chi connectivity index (χ2n) is 20.6. The van der Waals surface area contributed by atoms with Gasteiger partial charge in [-0.1, -0.05) is 103 Å². The van der Waals surface area contributed by atoms with E-state index in [1.807, 2.05) is 44.4 Å². The normalized spacial score (nSPS) is 24.5. The molecule has 1 aliphatic rings. The lowest BCUT2D eigenvalue weighted by Gasteiger charge is -2.36. The van der Waals surface area contributed by atoms with E-state index >= 15 is 4.79 Å². The monoisotopic (exact) mass is 987 g/mol. The quantitative estimate of drug-likeness (QED) is 0.116. The van der Waals surface area contributed by atoms with E-state index in [1.54, 1.807) is 89.4 Å². The van der Waals surface area contributed by atoms with Crippen molar-refractivity contribution in [2.75, 3.05) is 27.8 Å². The van der Waals surface area contributed by atoms with Crippen LogP contribution in [-0.2, 0) is 43.8 Å². The lowest BCUT2D eigenvalue weighted by molar-refractivity contribution is -0.146. The van der Waals surface area contributed by atoms with Crippen molar-refractivity contribution in [1.82, 2.24) is 41.0 Å². The number of hydrogen-bond donors (Lipinski definition) is 7. The third-order valence-corrected chi connectivity index (χ3v) is 13.4. The smallest absolute Gasteiger partial charge is 0.248 e. The second-order valence-corrected chi connectivity index (χ2v) is 20.6. The Balaban J connectivity index is 1.97. The van der Waals surface area contributed by atoms with Gasteiger partial charge in [0.1, 0.15) is 54.5 Å². The number of aliphatic hydroxyl groups is 2. The van der Waals surface area contributed by atoms with Gasteiger partial charge in [0.15, 0.2) is 0 Å². The Bertz CT molecular complexity index is 2370. The summed E-state index contributed by atoms with van der Waals surface area (Å²) in [5, 5.41) is 37.2. The molecular weight excluding hydrogens is 909 g/mol. The van der Waals surface area contributed by atoms with Gasteiger partial charge in [-0.15, -0.1) is 6.58 Å². The van der Waals surface area contributed by atoms with Crippen LogP contribution in [0.25, 0.3) is 10.9 Å². The molecule has 2 aromatic carbocycles. The lowest BCUT2D eigenvalue weighted by Crippen LogP contribution is -2.62. The van der Waals surface area contributed by atoms with E-state index in [4.69, 9.17) is 4.74 Å². The van der Waals surface area contributed by atoms with E-state index in [2.05, 4.69) is 33.2 Å². The van der Waals surface area contributed by atoms with Crippen molar-refractivity contribution in [3.8, 4) is 0 Å². The first-order chi connectivity index (χ1) is 33.3. The van der Waals surface area contributed by atoms with Crippen LogP contribution in [0, 0.1) is 23.7 Å². The summed E-state index contributed by atoms with van der Waals surface area (Å²) in [6.07, 6.45) is 0.607. The molecule has 3 aromatic rings. The molecule has 7 amide bonds. The molecule has 1 fully saturated rings. The molecule has 10 atom stereocenters. The summed E-state index contributed by atoms with van der Waals surface area (Å²) in [6, 6.07) is 6.20. The predicted octanol–water partition coefficient (Wildman–Crippen LogP) is 3.47. The fourth-order valence-electron chi connectivity index (χ4n) is 8.83. The molecule has 0 bridgehead atoms. The minimum Gasteiger partial charge on any atom is -0.396 e. The maximum absolute atomic E-state index is 15.2. The fourth-order valence-corrected chi connectivity index (χ4v) is 8.83. The third-order valence-electron chi connectivity index (χ3n) is 13.4. The number of nitrogens with one attached hydrogen (secondary N) is 5. The number of carbonyl (C=O) groups excluding carboxylic acids is 7. The number of hydrogen-bond acceptors (Lipinski definition) is 10. The van der Waals surface area contributed by atoms with Gasteiger partial charge in [0.25, 0.3) is 0 Å². The SMILES string of the molecule is C=CC(C)(C)n1cc([C@@H](O)C2NC(=O)[C@H](C(C)C)NC(=O)[C@H](CC(C)C)N(C)C(=O)C(C(C)C)NC(=O)[C@H]([C@H](OC)c3ccccc3)NC(=O)[C@H](C)NC(=O)[C@H](C[C@@H](C)CO)N(C)C2=O)c2ccccc21. The molecule has 71 heavy (non-hydrogen) atoms. The first kappa shape index (κ1) is 57.5. The van der Waals surface area contributed by atoms with Gasteiger partial charge in [-0.05, 0) is 68.9 Å². The van der Waals surface area contributed by atoms with Crippen LogP contribution >= 0.6 is 0 Å². The molecule has 1 aromatic heterocycles. The summed E-state index contributed by atoms with van der Waals surface area (Å²) < 4.78 is 7.74. The highest BCUT2D eigenvalue weighted by atomic mass is 16.5. The van der Waals surface area contributed by atoms with Gasteiger partial charge in [-0.3, -0.25) is 33.6 Å². The van der Waals surface area contributed by atoms with Gasteiger partial charge in [0, 0.05) is 50.5 Å². The number of amides is 7. The molecule has 18 heteroatoms. The van der Waals surface area contributed by atoms with Crippen LogP contribution in [-0.4, -0.2) is 136 Å². The molecule has 1 saturated heterocycles. The summed E-state index contributed by atoms with van der Waals surface area (Å²) in [4.78, 5) is 105. The maximum atomic E-state index is 15.2. The van der Waals surface area contributed by atoms with Crippen LogP contribution in [0.2, 0.25) is 0 Å². The number of likely N-dealkylation sites (N-methyl/N-ethyl adjacent to an activating group) is 2. The highest BCUT2D eigenvalue weighted by molar-refractivity contribution is 5.99. The number of fused-ring (bicyclic) bond motifs is 1. The maximum Gasteiger partial charge on any atom is 0.248 e. The van der Waals surface area contributed by atoms with E-state index < -0.39 is 119 Å². The van der Waals surface area contributed by atoms with Gasteiger partial charge in [0.2, 0.25) is 41.4 Å². The summed E-state index contributed by atoms with van der Waals surface area (Å²) >= 11 is 0. The summed E-state index contributed by atoms with van der Waals surface area (Å²) in [7, 11) is 4.14. The Labute approximate surface area is 418 Å². The van der Waals surface area contributed by atoms with Crippen molar-refractivity contribution in [3.05, 3.63) is 84.6 Å². The molecule has 4 rings (SSSR count). The third kappa shape index (κ3) is 13.7. The van der Waals surface area contributed by atoms with Gasteiger partial charge in [0.05, 0.1) is 5.54 Å². The van der Waals surface area contributed by atoms with Gasteiger partial charge < -0.3 is 55.9 Å². The standard InChI is InChI=1S/C53H78N8O10/c1-15-53(10,11)61-27-36(35-23-19-20-24-37(35)61)44(63)42-52(70)60(13)39(26-32(8)28-62)47(65)54-33(9)46(64)58-43(45(71-14)34-21-17-16-18-22-34)50(68)56-41(31(6)7)51(69)59(12)38(25-29(2)3)48(66)55-40(30(4)5)49(67)57-42/h15-24,27,29-33,38-45,62-63H,1,25-26,28H2,2-14H3,(H,54,65)(H,55,66)(H,56,68)(H,57,67)(H,58,64)/t32-,33+,38+,39+,40+,41?,42?,43+,44-,45-/m1/s1. The number of para-hydroxylation sites is 1. The van der Waals surface area contributed by atoms with E-state index in [1.165, 1.54) is 33.0 Å². The number of nitrogens with zero attached hydrogens (tertiary/aromatic N) is 3. The average Bonchev–Trinajstić information content (AvgIpc) is 3.74. The van der Waals surface area contributed by atoms with Crippen LogP contribution in [0.15, 0.2) is 73.4 Å². The van der Waals surface area contributed by atoms with Gasteiger partial charge >= 0.3 is 0 Å². The number of allylic oxidation sites excluding steroid dienone is 1. The highest BCUT2D eigenvalue weighted by Crippen LogP contribution is 2.34. The topological polar surface area (TPSA) is 241 Å². The fraction of sp³-hybridized carbons (Fsp3) is 0.566. The van der Waals surface area contributed by atoms with Crippen molar-refractivity contribution in [3.63, 3.8) is 0 Å². The Morgan fingerprint density at radius 2 is 1.17 bits per heavy atom. The first-order valence-electron chi connectivity index (χ1n) is 24.5. The van der Waals surface area contributed by atoms with Crippen molar-refractivity contribution < 1.29 is 48.5 Å². The molecule has 0 radical (unpaired) electrons. The minimum atomic E-state index is -1.78. The summed E-state index contributed by atoms with van der Waals surface area (Å²) in [5.74, 6) is -7.31. The van der Waals surface area contributed by atoms with Crippen molar-refractivity contribution in [2.24, 2.45) is 23.7 Å². The first-order valence-corrected chi connectivity index (χ1v) is 24.5. The zero-order valence-corrected chi connectivity index (χ0v) is 43.7. The Kier molecular flexibility index (Phi) is 20.1. The van der Waals surface area contributed by atoms with Crippen LogP contribution in [0.5, 0.6) is 0 Å². The van der Waals surface area contributed by atoms with Gasteiger partial charge in [-0.2, -0.15) is 0 Å². The minimum absolute atomic E-state index is 0.118. The molecule has 0 spiro atoms. The largest absolute Gasteiger partial charge is 0.396 e. The number of aromatic nitrogens is 1. The molecular formula is C53H78N8O10. The Hall–Kier alpha value is -6.11. The van der Waals surface area contributed by atoms with E-state index in [-0.39, 0.29) is 30.9 Å². The molecule has 1 aliphatic heterocycles. The number of ether oxygens (including phenoxy) is 1. The second kappa shape index (κ2) is 24.8. The molecule has 0 aliphatic carbocycles. The number of methoxy groups -OCH3 is 1. The zero-order chi connectivity index (χ0) is 53.2. The number of rotatable bonds is 14. The number of aliphatic hydroxyl groups excluding tert-OH is 2. The Morgan fingerprint density at radius 1 is 0.676 bits per heavy atom. The Morgan fingerprint density at radius 3 is 1.72 bits per heavy atom. The molecule has 18 nitrogen and oxygen atoms in total. The lowest BCUT2D eigenvalue weighted by atomic mass is 9.95. The van der Waals surface area contributed by atoms with E-state index in [9.17, 15) is 39.0 Å². The number of benzene rings is 2. The van der Waals surface area contributed by atoms with Crippen molar-refractivity contribution in [2.45, 2.75) is 142 Å². The summed E-state index contributed by atoms with van der Waals surface area (Å²) in [6.45, 7) is 21.1. The van der Waals surface area contributed by atoms with Crippen LogP contribution in [0.4, 0.5) is 0 Å². The molecule has 0 saturated carbocycles. The van der Waals surface area contributed by atoms with E-state index in [0.717, 1.165) is 4.90 Å². The van der Waals surface area contributed by atoms with Crippen molar-refractivity contribution in [1.29, 1.82) is 0 Å². The molecule has 2 unspecified atom stereocenters. The van der Waals surface area contributed by atoms with Gasteiger partial charge in [-0.25, -0.2) is 0 Å². The van der Waals surface area contributed by atoms with E-state index in [0.29, 0.717) is 16.5 Å². The van der Waals surface area contributed by atoms with Crippen LogP contribution in [0.3, 0.4) is 0 Å². The zero-order valence-electron chi connectivity index (χ0n) is 43.7. The summed E-state index contributed by atoms with van der Waals surface area (Å²) in [5.41, 5.74) is 0.807. The molecule has 390 valence electrons.